The summed E-state index contributed by atoms with van der Waals surface area (Å²) in [4.78, 5) is 2.40. The van der Waals surface area contributed by atoms with Crippen molar-refractivity contribution in [3.63, 3.8) is 0 Å². The van der Waals surface area contributed by atoms with Gasteiger partial charge in [0, 0.05) is 0 Å². The Labute approximate surface area is 67.7 Å². The standard InChI is InChI=1S/C6H6N4O2/c7-9-10-8-6-4(11)2-1-3-5(6)12/h1-3,8,11-12H. The van der Waals surface area contributed by atoms with Gasteiger partial charge in [0.05, 0.1) is 0 Å². The Bertz CT molecular complexity index is 312. The van der Waals surface area contributed by atoms with Crippen LogP contribution in [0.5, 0.6) is 11.5 Å². The van der Waals surface area contributed by atoms with Crippen LogP contribution in [0.3, 0.4) is 0 Å². The molecule has 0 saturated heterocycles. The minimum Gasteiger partial charge on any atom is -0.504 e. The highest BCUT2D eigenvalue weighted by molar-refractivity contribution is 5.64. The molecule has 1 aromatic carbocycles. The second kappa shape index (κ2) is 3.36. The summed E-state index contributed by atoms with van der Waals surface area (Å²) >= 11 is 0. The molecule has 0 aromatic heterocycles. The maximum Gasteiger partial charge on any atom is 0.212 e. The zero-order valence-electron chi connectivity index (χ0n) is 5.97. The molecule has 6 nitrogen and oxygen atoms in total. The Morgan fingerprint density at radius 2 is 1.92 bits per heavy atom. The average Bonchev–Trinajstić information content (AvgIpc) is 2.04. The van der Waals surface area contributed by atoms with E-state index in [-0.39, 0.29) is 17.2 Å². The second-order valence-electron chi connectivity index (χ2n) is 1.97. The Morgan fingerprint density at radius 1 is 1.33 bits per heavy atom. The predicted octanol–water partition coefficient (Wildman–Crippen LogP) is 1.73. The fourth-order valence-electron chi connectivity index (χ4n) is 0.715. The lowest BCUT2D eigenvalue weighted by molar-refractivity contribution is 0.454. The molecule has 0 spiro atoms. The first-order valence-electron chi connectivity index (χ1n) is 3.06. The van der Waals surface area contributed by atoms with Gasteiger partial charge in [-0.15, -0.1) is 5.53 Å². The minimum absolute atomic E-state index is 0.00435. The fraction of sp³-hybridized carbons (Fsp3) is 0. The van der Waals surface area contributed by atoms with Crippen molar-refractivity contribution in [2.75, 3.05) is 5.43 Å². The van der Waals surface area contributed by atoms with Crippen molar-refractivity contribution in [3.05, 3.63) is 28.6 Å². The Balaban J connectivity index is 3.03. The number of anilines is 1. The van der Waals surface area contributed by atoms with E-state index in [0.717, 1.165) is 0 Å². The van der Waals surface area contributed by atoms with Gasteiger partial charge >= 0.3 is 0 Å². The highest BCUT2D eigenvalue weighted by atomic mass is 16.3. The van der Waals surface area contributed by atoms with Gasteiger partial charge < -0.3 is 10.2 Å². The number of para-hydroxylation sites is 1. The number of azide groups is 1. The quantitative estimate of drug-likeness (QED) is 0.205. The molecule has 0 heterocycles. The zero-order valence-corrected chi connectivity index (χ0v) is 5.97. The number of nitrogens with one attached hydrogen (secondary N) is 1. The average molecular weight is 166 g/mol. The minimum atomic E-state index is -0.178. The molecule has 1 aromatic rings. The van der Waals surface area contributed by atoms with E-state index in [2.05, 4.69) is 15.6 Å². The molecule has 0 amide bonds. The molecule has 0 aliphatic heterocycles. The molecule has 0 unspecified atom stereocenters. The highest BCUT2D eigenvalue weighted by Crippen LogP contribution is 2.31. The number of nitrogens with zero attached hydrogens (tertiary/aromatic N) is 3. The van der Waals surface area contributed by atoms with Crippen LogP contribution in [0.15, 0.2) is 23.4 Å². The monoisotopic (exact) mass is 166 g/mol. The number of hydrogen-bond donors (Lipinski definition) is 3. The molecule has 0 radical (unpaired) electrons. The van der Waals surface area contributed by atoms with Crippen molar-refractivity contribution < 1.29 is 10.2 Å². The third-order valence-electron chi connectivity index (χ3n) is 1.23. The summed E-state index contributed by atoms with van der Waals surface area (Å²) < 4.78 is 0. The summed E-state index contributed by atoms with van der Waals surface area (Å²) in [6.07, 6.45) is 0. The maximum absolute atomic E-state index is 9.11. The van der Waals surface area contributed by atoms with E-state index in [1.165, 1.54) is 18.2 Å². The van der Waals surface area contributed by atoms with Crippen molar-refractivity contribution in [3.8, 4) is 11.5 Å². The topological polar surface area (TPSA) is 101 Å². The van der Waals surface area contributed by atoms with E-state index >= 15 is 0 Å². The normalized spacial score (nSPS) is 8.67. The summed E-state index contributed by atoms with van der Waals surface area (Å²) in [5, 5.41) is 21.2. The highest BCUT2D eigenvalue weighted by Gasteiger charge is 2.07. The number of phenols is 2. The summed E-state index contributed by atoms with van der Waals surface area (Å²) in [5.41, 5.74) is 10.1. The summed E-state index contributed by atoms with van der Waals surface area (Å²) in [6.45, 7) is 0. The number of benzene rings is 1. The van der Waals surface area contributed by atoms with Crippen LogP contribution in [0.25, 0.3) is 10.4 Å². The molecular formula is C6H6N4O2. The van der Waals surface area contributed by atoms with Crippen LogP contribution in [0.2, 0.25) is 0 Å². The zero-order chi connectivity index (χ0) is 8.97. The number of phenolic OH excluding ortho intramolecular Hbond substituents is 2. The molecule has 0 saturated carbocycles. The van der Waals surface area contributed by atoms with Crippen LogP contribution in [-0.2, 0) is 0 Å². The van der Waals surface area contributed by atoms with Crippen LogP contribution in [0.1, 0.15) is 0 Å². The van der Waals surface area contributed by atoms with Crippen LogP contribution < -0.4 is 5.43 Å². The van der Waals surface area contributed by atoms with Gasteiger partial charge in [0.25, 0.3) is 0 Å². The van der Waals surface area contributed by atoms with Gasteiger partial charge in [0.2, 0.25) is 5.69 Å². The fourth-order valence-corrected chi connectivity index (χ4v) is 0.715. The van der Waals surface area contributed by atoms with E-state index in [0.29, 0.717) is 0 Å². The molecule has 0 bridgehead atoms. The first kappa shape index (κ1) is 8.03. The largest absolute Gasteiger partial charge is 0.504 e. The Hall–Kier alpha value is -2.07. The van der Waals surface area contributed by atoms with Crippen molar-refractivity contribution >= 4 is 5.69 Å². The summed E-state index contributed by atoms with van der Waals surface area (Å²) in [7, 11) is 0. The van der Waals surface area contributed by atoms with Gasteiger partial charge in [-0.2, -0.15) is 4.91 Å². The molecule has 0 fully saturated rings. The van der Waals surface area contributed by atoms with E-state index in [1.807, 2.05) is 0 Å². The summed E-state index contributed by atoms with van der Waals surface area (Å²) in [5.74, 6) is -0.357. The summed E-state index contributed by atoms with van der Waals surface area (Å²) in [6, 6.07) is 4.18. The lowest BCUT2D eigenvalue weighted by Crippen LogP contribution is -1.86. The number of rotatable bonds is 2. The van der Waals surface area contributed by atoms with Gasteiger partial charge in [-0.3, -0.25) is 0 Å². The molecule has 0 aliphatic carbocycles. The Kier molecular flexibility index (Phi) is 2.25. The van der Waals surface area contributed by atoms with Crippen LogP contribution >= 0.6 is 0 Å². The van der Waals surface area contributed by atoms with Crippen molar-refractivity contribution in [1.29, 1.82) is 0 Å². The van der Waals surface area contributed by atoms with Crippen LogP contribution in [0, 0.1) is 0 Å². The first-order valence-corrected chi connectivity index (χ1v) is 3.06. The van der Waals surface area contributed by atoms with E-state index in [9.17, 15) is 0 Å². The number of hydrogen-bond acceptors (Lipinski definition) is 3. The molecule has 0 aliphatic rings. The van der Waals surface area contributed by atoms with Gasteiger partial charge in [-0.05, 0) is 17.4 Å². The first-order chi connectivity index (χ1) is 5.75. The van der Waals surface area contributed by atoms with Crippen LogP contribution in [-0.4, -0.2) is 10.2 Å². The lowest BCUT2D eigenvalue weighted by atomic mass is 10.3. The van der Waals surface area contributed by atoms with E-state index in [4.69, 9.17) is 15.7 Å². The third kappa shape index (κ3) is 1.50. The van der Waals surface area contributed by atoms with Gasteiger partial charge in [-0.1, -0.05) is 6.07 Å². The van der Waals surface area contributed by atoms with Crippen molar-refractivity contribution in [2.45, 2.75) is 0 Å². The maximum atomic E-state index is 9.11. The van der Waals surface area contributed by atoms with E-state index in [1.54, 1.807) is 0 Å². The van der Waals surface area contributed by atoms with Crippen molar-refractivity contribution in [2.24, 2.45) is 5.22 Å². The SMILES string of the molecule is [N-]=[N+]=NNc1c(O)cccc1O. The molecule has 12 heavy (non-hydrogen) atoms. The predicted molar refractivity (Wildman–Crippen MR) is 42.5 cm³/mol. The number of aromatic hydroxyl groups is 2. The molecule has 1 rings (SSSR count). The smallest absolute Gasteiger partial charge is 0.212 e. The molecule has 62 valence electrons. The van der Waals surface area contributed by atoms with Gasteiger partial charge in [-0.25, -0.2) is 5.43 Å². The van der Waals surface area contributed by atoms with E-state index < -0.39 is 0 Å². The van der Waals surface area contributed by atoms with Gasteiger partial charge in [0.15, 0.2) is 11.5 Å². The molecular weight excluding hydrogens is 160 g/mol. The third-order valence-corrected chi connectivity index (χ3v) is 1.23. The van der Waals surface area contributed by atoms with Gasteiger partial charge in [0.1, 0.15) is 0 Å². The lowest BCUT2D eigenvalue weighted by Gasteiger charge is -2.00. The molecule has 6 heteroatoms. The molecule has 0 atom stereocenters. The van der Waals surface area contributed by atoms with Crippen molar-refractivity contribution in [1.82, 2.24) is 0 Å². The Morgan fingerprint density at radius 3 is 2.42 bits per heavy atom. The molecule has 3 N–H and O–H groups in total. The second-order valence-corrected chi connectivity index (χ2v) is 1.97. The van der Waals surface area contributed by atoms with Crippen LogP contribution in [0.4, 0.5) is 5.69 Å².